The molecular weight excluding hydrogens is 705 g/mol. The Morgan fingerprint density at radius 2 is 0.684 bits per heavy atom. The summed E-state index contributed by atoms with van der Waals surface area (Å²) in [5, 5.41) is 10.5. The Balaban J connectivity index is 1.18. The molecule has 11 aromatic rings. The van der Waals surface area contributed by atoms with Gasteiger partial charge in [-0.05, 0) is 68.8 Å². The molecule has 0 aliphatic heterocycles. The van der Waals surface area contributed by atoms with E-state index in [-0.39, 0.29) is 0 Å². The van der Waals surface area contributed by atoms with Crippen molar-refractivity contribution >= 4 is 72.4 Å². The molecule has 2 nitrogen and oxygen atoms in total. The lowest BCUT2D eigenvalue weighted by Gasteiger charge is -2.36. The number of nitrogens with zero attached hydrogens (tertiary/aromatic N) is 2. The van der Waals surface area contributed by atoms with Crippen LogP contribution in [0.25, 0.3) is 66.1 Å². The molecule has 0 bridgehead atoms. The van der Waals surface area contributed by atoms with Gasteiger partial charge in [-0.2, -0.15) is 0 Å². The Hall–Kier alpha value is -7.20. The molecule has 0 N–H and O–H groups in total. The van der Waals surface area contributed by atoms with Gasteiger partial charge in [-0.1, -0.05) is 188 Å². The Labute approximate surface area is 333 Å². The second-order valence-corrected chi connectivity index (χ2v) is 18.6. The van der Waals surface area contributed by atoms with E-state index in [2.05, 4.69) is 240 Å². The van der Waals surface area contributed by atoms with Crippen LogP contribution < -0.4 is 20.7 Å². The number of aromatic nitrogens is 2. The van der Waals surface area contributed by atoms with Crippen LogP contribution in [0, 0.1) is 0 Å². The normalized spacial score (nSPS) is 11.9. The molecule has 0 saturated heterocycles. The van der Waals surface area contributed by atoms with Crippen LogP contribution >= 0.6 is 0 Å². The summed E-state index contributed by atoms with van der Waals surface area (Å²) in [4.78, 5) is 0. The highest BCUT2D eigenvalue weighted by Gasteiger charge is 2.43. The minimum Gasteiger partial charge on any atom is -0.309 e. The maximum Gasteiger partial charge on any atom is 0.180 e. The van der Waals surface area contributed by atoms with Gasteiger partial charge in [0, 0.05) is 32.8 Å². The predicted molar refractivity (Wildman–Crippen MR) is 244 cm³/mol. The molecule has 2 heterocycles. The van der Waals surface area contributed by atoms with Gasteiger partial charge in [-0.3, -0.25) is 0 Å². The molecule has 3 heteroatoms. The Morgan fingerprint density at radius 1 is 0.281 bits per heavy atom. The summed E-state index contributed by atoms with van der Waals surface area (Å²) < 4.78 is 4.91. The zero-order valence-electron chi connectivity index (χ0n) is 31.3. The zero-order valence-corrected chi connectivity index (χ0v) is 32.3. The summed E-state index contributed by atoms with van der Waals surface area (Å²) >= 11 is 0. The first kappa shape index (κ1) is 33.2. The summed E-state index contributed by atoms with van der Waals surface area (Å²) in [7, 11) is -2.84. The average molecular weight is 743 g/mol. The average Bonchev–Trinajstić information content (AvgIpc) is 3.80. The second-order valence-electron chi connectivity index (χ2n) is 14.8. The second kappa shape index (κ2) is 13.5. The number of para-hydroxylation sites is 4. The standard InChI is InChI=1S/C54H38N2Si/c1-4-20-40(21-5-1)57(41-22-6-2-7-23-41,42-24-8-3-9-25-42)54-35-19-14-30-47(54)45-28-12-17-33-51(45)56-52-34-18-13-29-46(52)48-38-39(36-37-53(48)56)55-49-31-15-10-26-43(49)44-27-11-16-32-50(44)55/h1-38H. The van der Waals surface area contributed by atoms with Crippen molar-refractivity contribution in [3.63, 3.8) is 0 Å². The van der Waals surface area contributed by atoms with E-state index in [1.165, 1.54) is 75.5 Å². The molecule has 0 aliphatic carbocycles. The number of rotatable bonds is 7. The summed E-state index contributed by atoms with van der Waals surface area (Å²) in [6.45, 7) is 0. The molecule has 0 saturated carbocycles. The fourth-order valence-corrected chi connectivity index (χ4v) is 14.5. The third-order valence-corrected chi connectivity index (χ3v) is 16.7. The fraction of sp³-hybridized carbons (Fsp3) is 0. The van der Waals surface area contributed by atoms with E-state index in [1.54, 1.807) is 0 Å². The highest BCUT2D eigenvalue weighted by molar-refractivity contribution is 7.20. The van der Waals surface area contributed by atoms with Gasteiger partial charge in [0.15, 0.2) is 8.07 Å². The molecule has 0 unspecified atom stereocenters. The molecule has 57 heavy (non-hydrogen) atoms. The number of fused-ring (bicyclic) bond motifs is 6. The van der Waals surface area contributed by atoms with Crippen molar-refractivity contribution in [2.24, 2.45) is 0 Å². The van der Waals surface area contributed by atoms with Gasteiger partial charge in [0.1, 0.15) is 0 Å². The SMILES string of the molecule is c1ccc([Si](c2ccccc2)(c2ccccc2)c2ccccc2-c2ccccc2-n2c3ccccc3c3cc(-n4c5ccccc5c5ccccc54)ccc32)cc1. The molecule has 268 valence electrons. The topological polar surface area (TPSA) is 9.86 Å². The van der Waals surface area contributed by atoms with Crippen molar-refractivity contribution in [3.8, 4) is 22.5 Å². The Bertz CT molecular complexity index is 3080. The molecule has 0 amide bonds. The molecule has 11 rings (SSSR count). The van der Waals surface area contributed by atoms with Gasteiger partial charge < -0.3 is 9.13 Å². The van der Waals surface area contributed by atoms with Crippen LogP contribution in [-0.2, 0) is 0 Å². The minimum atomic E-state index is -2.84. The molecular formula is C54H38N2Si. The summed E-state index contributed by atoms with van der Waals surface area (Å²) in [6.07, 6.45) is 0. The molecule has 0 fully saturated rings. The minimum absolute atomic E-state index is 1.16. The lowest BCUT2D eigenvalue weighted by Crippen LogP contribution is -2.75. The van der Waals surface area contributed by atoms with Gasteiger partial charge in [-0.25, -0.2) is 0 Å². The number of hydrogen-bond acceptors (Lipinski definition) is 0. The van der Waals surface area contributed by atoms with E-state index in [9.17, 15) is 0 Å². The number of benzene rings is 9. The van der Waals surface area contributed by atoms with Crippen molar-refractivity contribution in [1.29, 1.82) is 0 Å². The van der Waals surface area contributed by atoms with Crippen molar-refractivity contribution < 1.29 is 0 Å². The van der Waals surface area contributed by atoms with Crippen LogP contribution in [0.2, 0.25) is 0 Å². The highest BCUT2D eigenvalue weighted by Crippen LogP contribution is 2.39. The van der Waals surface area contributed by atoms with Crippen LogP contribution in [0.1, 0.15) is 0 Å². The largest absolute Gasteiger partial charge is 0.309 e. The third kappa shape index (κ3) is 5.10. The van der Waals surface area contributed by atoms with E-state index < -0.39 is 8.07 Å². The van der Waals surface area contributed by atoms with Gasteiger partial charge in [0.2, 0.25) is 0 Å². The van der Waals surface area contributed by atoms with Crippen LogP contribution in [0.15, 0.2) is 231 Å². The van der Waals surface area contributed by atoms with Crippen LogP contribution in [-0.4, -0.2) is 17.2 Å². The van der Waals surface area contributed by atoms with Gasteiger partial charge in [0.05, 0.1) is 27.8 Å². The molecule has 9 aromatic carbocycles. The van der Waals surface area contributed by atoms with E-state index in [0.717, 1.165) is 11.4 Å². The number of hydrogen-bond donors (Lipinski definition) is 0. The van der Waals surface area contributed by atoms with Gasteiger partial charge in [-0.15, -0.1) is 0 Å². The molecule has 0 spiro atoms. The summed E-state index contributed by atoms with van der Waals surface area (Å²) in [6, 6.07) is 85.2. The molecule has 0 atom stereocenters. The van der Waals surface area contributed by atoms with Gasteiger partial charge >= 0.3 is 0 Å². The monoisotopic (exact) mass is 742 g/mol. The van der Waals surface area contributed by atoms with Crippen molar-refractivity contribution in [2.45, 2.75) is 0 Å². The fourth-order valence-electron chi connectivity index (χ4n) is 9.53. The lowest BCUT2D eigenvalue weighted by atomic mass is 10.0. The van der Waals surface area contributed by atoms with Crippen LogP contribution in [0.3, 0.4) is 0 Å². The Morgan fingerprint density at radius 3 is 1.25 bits per heavy atom. The predicted octanol–water partition coefficient (Wildman–Crippen LogP) is 10.9. The maximum absolute atomic E-state index is 2.84. The van der Waals surface area contributed by atoms with Crippen LogP contribution in [0.5, 0.6) is 0 Å². The first-order valence-corrected chi connectivity index (χ1v) is 21.7. The summed E-state index contributed by atoms with van der Waals surface area (Å²) in [5.74, 6) is 0. The molecule has 2 aromatic heterocycles. The van der Waals surface area contributed by atoms with E-state index in [1.807, 2.05) is 0 Å². The van der Waals surface area contributed by atoms with Crippen LogP contribution in [0.4, 0.5) is 0 Å². The first-order valence-electron chi connectivity index (χ1n) is 19.7. The zero-order chi connectivity index (χ0) is 37.8. The quantitative estimate of drug-likeness (QED) is 0.114. The van der Waals surface area contributed by atoms with E-state index in [4.69, 9.17) is 0 Å². The summed E-state index contributed by atoms with van der Waals surface area (Å²) in [5.41, 5.74) is 9.59. The molecule has 0 aliphatic rings. The Kier molecular flexibility index (Phi) is 7.87. The van der Waals surface area contributed by atoms with Crippen molar-refractivity contribution in [3.05, 3.63) is 231 Å². The first-order chi connectivity index (χ1) is 28.3. The van der Waals surface area contributed by atoms with Gasteiger partial charge in [0.25, 0.3) is 0 Å². The van der Waals surface area contributed by atoms with Crippen molar-refractivity contribution in [2.75, 3.05) is 0 Å². The molecule has 0 radical (unpaired) electrons. The highest BCUT2D eigenvalue weighted by atomic mass is 28.3. The maximum atomic E-state index is 2.49. The lowest BCUT2D eigenvalue weighted by molar-refractivity contribution is 1.17. The smallest absolute Gasteiger partial charge is 0.180 e. The third-order valence-electron chi connectivity index (χ3n) is 11.9. The van der Waals surface area contributed by atoms with E-state index >= 15 is 0 Å². The van der Waals surface area contributed by atoms with E-state index in [0.29, 0.717) is 0 Å². The van der Waals surface area contributed by atoms with Crippen molar-refractivity contribution in [1.82, 2.24) is 9.13 Å².